The van der Waals surface area contributed by atoms with Crippen LogP contribution in [0.2, 0.25) is 0 Å². The Morgan fingerprint density at radius 2 is 2.28 bits per heavy atom. The molecule has 2 aromatic rings. The molecule has 0 unspecified atom stereocenters. The van der Waals surface area contributed by atoms with Gasteiger partial charge in [0.1, 0.15) is 0 Å². The first-order valence-electron chi connectivity index (χ1n) is 6.26. The van der Waals surface area contributed by atoms with Crippen molar-refractivity contribution < 1.29 is 0 Å². The molecule has 0 aliphatic carbocycles. The van der Waals surface area contributed by atoms with E-state index in [-0.39, 0.29) is 6.04 Å². The lowest BCUT2D eigenvalue weighted by molar-refractivity contribution is 0.736. The Morgan fingerprint density at radius 1 is 1.39 bits per heavy atom. The predicted octanol–water partition coefficient (Wildman–Crippen LogP) is 2.73. The normalized spacial score (nSPS) is 16.4. The van der Waals surface area contributed by atoms with Crippen molar-refractivity contribution >= 4 is 17.0 Å². The molecule has 0 fully saturated rings. The summed E-state index contributed by atoms with van der Waals surface area (Å²) in [6, 6.07) is 6.39. The van der Waals surface area contributed by atoms with Crippen LogP contribution in [0.25, 0.3) is 0 Å². The van der Waals surface area contributed by atoms with Gasteiger partial charge >= 0.3 is 0 Å². The zero-order valence-electron chi connectivity index (χ0n) is 10.5. The van der Waals surface area contributed by atoms with Crippen molar-refractivity contribution in [3.05, 3.63) is 45.9 Å². The zero-order chi connectivity index (χ0) is 12.5. The van der Waals surface area contributed by atoms with Gasteiger partial charge in [-0.15, -0.1) is 11.3 Å². The standard InChI is InChI=1S/C14H17N3S/c1-10(15)13-3-2-12(8-16-13)17-6-4-14-11(9-17)5-7-18-14/h2-3,5,7-8,10H,4,6,9,15H2,1H3/t10-/m0/s1. The van der Waals surface area contributed by atoms with Gasteiger partial charge < -0.3 is 10.6 Å². The minimum atomic E-state index is 0.00359. The summed E-state index contributed by atoms with van der Waals surface area (Å²) in [7, 11) is 0. The largest absolute Gasteiger partial charge is 0.366 e. The van der Waals surface area contributed by atoms with Crippen LogP contribution in [0.4, 0.5) is 5.69 Å². The topological polar surface area (TPSA) is 42.1 Å². The van der Waals surface area contributed by atoms with Gasteiger partial charge in [-0.25, -0.2) is 0 Å². The summed E-state index contributed by atoms with van der Waals surface area (Å²) in [5.41, 5.74) is 9.42. The van der Waals surface area contributed by atoms with Gasteiger partial charge in [0.2, 0.25) is 0 Å². The van der Waals surface area contributed by atoms with Crippen LogP contribution in [0.1, 0.15) is 29.1 Å². The molecule has 0 saturated carbocycles. The molecule has 4 heteroatoms. The smallest absolute Gasteiger partial charge is 0.0569 e. The van der Waals surface area contributed by atoms with Crippen LogP contribution in [0.15, 0.2) is 29.8 Å². The summed E-state index contributed by atoms with van der Waals surface area (Å²) in [5.74, 6) is 0. The fourth-order valence-electron chi connectivity index (χ4n) is 2.32. The minimum Gasteiger partial charge on any atom is -0.366 e. The van der Waals surface area contributed by atoms with Gasteiger partial charge in [0.25, 0.3) is 0 Å². The highest BCUT2D eigenvalue weighted by Gasteiger charge is 2.17. The first-order valence-corrected chi connectivity index (χ1v) is 7.14. The van der Waals surface area contributed by atoms with Gasteiger partial charge in [-0.05, 0) is 42.5 Å². The lowest BCUT2D eigenvalue weighted by Gasteiger charge is -2.28. The van der Waals surface area contributed by atoms with E-state index in [4.69, 9.17) is 5.73 Å². The van der Waals surface area contributed by atoms with E-state index in [0.717, 1.165) is 25.2 Å². The van der Waals surface area contributed by atoms with Crippen LogP contribution in [-0.4, -0.2) is 11.5 Å². The Kier molecular flexibility index (Phi) is 3.06. The molecule has 2 aromatic heterocycles. The molecule has 0 aromatic carbocycles. The summed E-state index contributed by atoms with van der Waals surface area (Å²) < 4.78 is 0. The van der Waals surface area contributed by atoms with E-state index in [1.807, 2.05) is 30.5 Å². The van der Waals surface area contributed by atoms with Gasteiger partial charge in [0, 0.05) is 24.0 Å². The highest BCUT2D eigenvalue weighted by atomic mass is 32.1. The molecule has 0 spiro atoms. The molecule has 1 aliphatic rings. The molecule has 0 radical (unpaired) electrons. The Morgan fingerprint density at radius 3 is 3.00 bits per heavy atom. The monoisotopic (exact) mass is 259 g/mol. The SMILES string of the molecule is C[C@H](N)c1ccc(N2CCc3sccc3C2)cn1. The van der Waals surface area contributed by atoms with Gasteiger partial charge in [0.15, 0.2) is 0 Å². The Balaban J connectivity index is 1.80. The maximum absolute atomic E-state index is 5.82. The number of thiophene rings is 1. The second-order valence-electron chi connectivity index (χ2n) is 4.77. The van der Waals surface area contributed by atoms with Crippen LogP contribution in [-0.2, 0) is 13.0 Å². The van der Waals surface area contributed by atoms with Crippen molar-refractivity contribution in [2.24, 2.45) is 5.73 Å². The predicted molar refractivity (Wildman–Crippen MR) is 75.9 cm³/mol. The Labute approximate surface area is 111 Å². The van der Waals surface area contributed by atoms with Crippen LogP contribution in [0.3, 0.4) is 0 Å². The van der Waals surface area contributed by atoms with Crippen LogP contribution in [0.5, 0.6) is 0 Å². The first-order chi connectivity index (χ1) is 8.74. The third kappa shape index (κ3) is 2.13. The molecule has 94 valence electrons. The fraction of sp³-hybridized carbons (Fsp3) is 0.357. The minimum absolute atomic E-state index is 0.00359. The third-order valence-corrected chi connectivity index (χ3v) is 4.43. The third-order valence-electron chi connectivity index (χ3n) is 3.41. The van der Waals surface area contributed by atoms with E-state index < -0.39 is 0 Å². The lowest BCUT2D eigenvalue weighted by Crippen LogP contribution is -2.29. The van der Waals surface area contributed by atoms with Crippen molar-refractivity contribution in [2.45, 2.75) is 25.9 Å². The Hall–Kier alpha value is -1.39. The van der Waals surface area contributed by atoms with Crippen LogP contribution >= 0.6 is 11.3 Å². The number of hydrogen-bond donors (Lipinski definition) is 1. The van der Waals surface area contributed by atoms with Crippen molar-refractivity contribution in [1.82, 2.24) is 4.98 Å². The van der Waals surface area contributed by atoms with Crippen molar-refractivity contribution in [1.29, 1.82) is 0 Å². The van der Waals surface area contributed by atoms with E-state index in [9.17, 15) is 0 Å². The van der Waals surface area contributed by atoms with Gasteiger partial charge in [0.05, 0.1) is 17.6 Å². The second kappa shape index (κ2) is 4.71. The summed E-state index contributed by atoms with van der Waals surface area (Å²) in [4.78, 5) is 8.35. The Bertz CT molecular complexity index is 530. The summed E-state index contributed by atoms with van der Waals surface area (Å²) >= 11 is 1.87. The van der Waals surface area contributed by atoms with Gasteiger partial charge in [-0.1, -0.05) is 0 Å². The molecule has 3 nitrogen and oxygen atoms in total. The van der Waals surface area contributed by atoms with E-state index in [1.54, 1.807) is 0 Å². The number of anilines is 1. The van der Waals surface area contributed by atoms with Crippen molar-refractivity contribution in [3.63, 3.8) is 0 Å². The fourth-order valence-corrected chi connectivity index (χ4v) is 3.21. The molecule has 0 amide bonds. The van der Waals surface area contributed by atoms with Crippen LogP contribution < -0.4 is 10.6 Å². The molecule has 0 bridgehead atoms. The second-order valence-corrected chi connectivity index (χ2v) is 5.77. The number of hydrogen-bond acceptors (Lipinski definition) is 4. The first kappa shape index (κ1) is 11.7. The maximum Gasteiger partial charge on any atom is 0.0569 e. The number of nitrogens with two attached hydrogens (primary N) is 1. The quantitative estimate of drug-likeness (QED) is 0.901. The summed E-state index contributed by atoms with van der Waals surface area (Å²) in [6.45, 7) is 4.03. The lowest BCUT2D eigenvalue weighted by atomic mass is 10.1. The van der Waals surface area contributed by atoms with Crippen molar-refractivity contribution in [2.75, 3.05) is 11.4 Å². The summed E-state index contributed by atoms with van der Waals surface area (Å²) in [5, 5.41) is 2.19. The molecule has 1 aliphatic heterocycles. The average Bonchev–Trinajstić information content (AvgIpc) is 2.86. The van der Waals surface area contributed by atoms with E-state index in [0.29, 0.717) is 0 Å². The van der Waals surface area contributed by atoms with E-state index in [2.05, 4.69) is 27.4 Å². The highest BCUT2D eigenvalue weighted by Crippen LogP contribution is 2.27. The molecule has 3 rings (SSSR count). The summed E-state index contributed by atoms with van der Waals surface area (Å²) in [6.07, 6.45) is 3.08. The molecule has 18 heavy (non-hydrogen) atoms. The number of fused-ring (bicyclic) bond motifs is 1. The van der Waals surface area contributed by atoms with E-state index >= 15 is 0 Å². The number of aromatic nitrogens is 1. The average molecular weight is 259 g/mol. The highest BCUT2D eigenvalue weighted by molar-refractivity contribution is 7.10. The molecule has 2 N–H and O–H groups in total. The number of nitrogens with zero attached hydrogens (tertiary/aromatic N) is 2. The zero-order valence-corrected chi connectivity index (χ0v) is 11.3. The van der Waals surface area contributed by atoms with Crippen LogP contribution in [0, 0.1) is 0 Å². The maximum atomic E-state index is 5.82. The molecule has 1 atom stereocenters. The number of rotatable bonds is 2. The van der Waals surface area contributed by atoms with E-state index in [1.165, 1.54) is 16.1 Å². The van der Waals surface area contributed by atoms with Crippen molar-refractivity contribution in [3.8, 4) is 0 Å². The molecular formula is C14H17N3S. The molecular weight excluding hydrogens is 242 g/mol. The van der Waals surface area contributed by atoms with Gasteiger partial charge in [-0.2, -0.15) is 0 Å². The molecule has 3 heterocycles. The molecule has 0 saturated heterocycles. The number of pyridine rings is 1. The van der Waals surface area contributed by atoms with Gasteiger partial charge in [-0.3, -0.25) is 4.98 Å².